The lowest BCUT2D eigenvalue weighted by molar-refractivity contribution is -0.128. The molecule has 0 aliphatic carbocycles. The first-order chi connectivity index (χ1) is 10.5. The molecule has 1 amide bonds. The number of rotatable bonds is 2. The summed E-state index contributed by atoms with van der Waals surface area (Å²) in [7, 11) is 0. The van der Waals surface area contributed by atoms with E-state index in [2.05, 4.69) is 4.90 Å². The minimum atomic E-state index is 0.197. The van der Waals surface area contributed by atoms with E-state index in [0.717, 1.165) is 26.2 Å². The summed E-state index contributed by atoms with van der Waals surface area (Å²) in [6.07, 6.45) is 3.71. The minimum absolute atomic E-state index is 0.197. The van der Waals surface area contributed by atoms with Gasteiger partial charge in [-0.3, -0.25) is 9.69 Å². The van der Waals surface area contributed by atoms with Crippen LogP contribution in [0.1, 0.15) is 31.7 Å². The van der Waals surface area contributed by atoms with Crippen LogP contribution in [0.2, 0.25) is 10.0 Å². The van der Waals surface area contributed by atoms with Crippen molar-refractivity contribution in [1.82, 2.24) is 9.80 Å². The molecule has 1 aromatic carbocycles. The van der Waals surface area contributed by atoms with E-state index in [4.69, 9.17) is 23.2 Å². The number of halogens is 2. The van der Waals surface area contributed by atoms with Crippen molar-refractivity contribution in [1.29, 1.82) is 0 Å². The van der Waals surface area contributed by atoms with Crippen molar-refractivity contribution in [3.05, 3.63) is 33.8 Å². The Morgan fingerprint density at radius 1 is 1.23 bits per heavy atom. The lowest BCUT2D eigenvalue weighted by atomic mass is 9.98. The lowest BCUT2D eigenvalue weighted by Crippen LogP contribution is -2.40. The van der Waals surface area contributed by atoms with Gasteiger partial charge in [-0.25, -0.2) is 0 Å². The standard InChI is InChI=1S/C17H22Cl2N2O/c1-12(22)21-10-14-4-2-3-7-20(17(14)11-21)9-13-5-6-15(18)16(19)8-13/h5-6,8,14,17H,2-4,7,9-11H2,1H3/t14-,17+/m0/s1. The fourth-order valence-electron chi connectivity index (χ4n) is 3.76. The molecule has 120 valence electrons. The number of carbonyl (C=O) groups is 1. The van der Waals surface area contributed by atoms with Crippen LogP contribution >= 0.6 is 23.2 Å². The molecule has 0 radical (unpaired) electrons. The summed E-state index contributed by atoms with van der Waals surface area (Å²) in [6.45, 7) is 5.42. The largest absolute Gasteiger partial charge is 0.341 e. The molecule has 1 aromatic rings. The zero-order chi connectivity index (χ0) is 15.7. The van der Waals surface area contributed by atoms with Crippen LogP contribution in [-0.2, 0) is 11.3 Å². The van der Waals surface area contributed by atoms with E-state index in [1.54, 1.807) is 6.92 Å². The van der Waals surface area contributed by atoms with Crippen molar-refractivity contribution in [3.63, 3.8) is 0 Å². The van der Waals surface area contributed by atoms with Gasteiger partial charge in [0.15, 0.2) is 0 Å². The molecule has 0 N–H and O–H groups in total. The van der Waals surface area contributed by atoms with Gasteiger partial charge in [-0.1, -0.05) is 35.7 Å². The first kappa shape index (κ1) is 16.1. The highest BCUT2D eigenvalue weighted by molar-refractivity contribution is 6.42. The molecule has 2 aliphatic heterocycles. The van der Waals surface area contributed by atoms with Gasteiger partial charge in [0, 0.05) is 32.6 Å². The smallest absolute Gasteiger partial charge is 0.219 e. The average molecular weight is 341 g/mol. The highest BCUT2D eigenvalue weighted by atomic mass is 35.5. The maximum absolute atomic E-state index is 11.7. The van der Waals surface area contributed by atoms with Crippen LogP contribution in [0, 0.1) is 5.92 Å². The fraction of sp³-hybridized carbons (Fsp3) is 0.588. The summed E-state index contributed by atoms with van der Waals surface area (Å²) in [5.74, 6) is 0.803. The molecule has 0 saturated carbocycles. The first-order valence-corrected chi connectivity index (χ1v) is 8.73. The van der Waals surface area contributed by atoms with E-state index in [9.17, 15) is 4.79 Å². The number of nitrogens with zero attached hydrogens (tertiary/aromatic N) is 2. The van der Waals surface area contributed by atoms with Gasteiger partial charge in [0.1, 0.15) is 0 Å². The van der Waals surface area contributed by atoms with Crippen molar-refractivity contribution in [2.45, 2.75) is 38.8 Å². The second-order valence-corrected chi connectivity index (χ2v) is 7.28. The maximum atomic E-state index is 11.7. The molecule has 0 aromatic heterocycles. The topological polar surface area (TPSA) is 23.6 Å². The van der Waals surface area contributed by atoms with Crippen LogP contribution in [-0.4, -0.2) is 41.4 Å². The van der Waals surface area contributed by atoms with Crippen LogP contribution in [0.3, 0.4) is 0 Å². The van der Waals surface area contributed by atoms with E-state index < -0.39 is 0 Å². The number of benzene rings is 1. The third kappa shape index (κ3) is 3.42. The van der Waals surface area contributed by atoms with Crippen molar-refractivity contribution in [2.75, 3.05) is 19.6 Å². The molecule has 0 unspecified atom stereocenters. The predicted molar refractivity (Wildman–Crippen MR) is 90.3 cm³/mol. The van der Waals surface area contributed by atoms with Gasteiger partial charge in [-0.05, 0) is 43.0 Å². The highest BCUT2D eigenvalue weighted by Crippen LogP contribution is 2.31. The molecule has 0 bridgehead atoms. The van der Waals surface area contributed by atoms with E-state index in [0.29, 0.717) is 22.0 Å². The third-order valence-electron chi connectivity index (χ3n) is 4.96. The Labute approximate surface area is 142 Å². The summed E-state index contributed by atoms with van der Waals surface area (Å²) in [6, 6.07) is 6.35. The number of likely N-dealkylation sites (tertiary alicyclic amines) is 2. The summed E-state index contributed by atoms with van der Waals surface area (Å²) in [5, 5.41) is 1.21. The first-order valence-electron chi connectivity index (χ1n) is 7.98. The number of hydrogen-bond donors (Lipinski definition) is 0. The number of hydrogen-bond acceptors (Lipinski definition) is 2. The van der Waals surface area contributed by atoms with Crippen LogP contribution in [0.25, 0.3) is 0 Å². The highest BCUT2D eigenvalue weighted by Gasteiger charge is 2.38. The summed E-state index contributed by atoms with van der Waals surface area (Å²) >= 11 is 12.1. The van der Waals surface area contributed by atoms with Gasteiger partial charge < -0.3 is 4.90 Å². The molecular formula is C17H22Cl2N2O. The van der Waals surface area contributed by atoms with Gasteiger partial charge in [0.05, 0.1) is 10.0 Å². The number of fused-ring (bicyclic) bond motifs is 1. The molecule has 2 atom stereocenters. The Morgan fingerprint density at radius 3 is 2.77 bits per heavy atom. The zero-order valence-electron chi connectivity index (χ0n) is 12.9. The van der Waals surface area contributed by atoms with E-state index >= 15 is 0 Å². The summed E-state index contributed by atoms with van der Waals surface area (Å²) in [5.41, 5.74) is 1.19. The Balaban J connectivity index is 1.76. The van der Waals surface area contributed by atoms with Gasteiger partial charge >= 0.3 is 0 Å². The molecule has 5 heteroatoms. The molecule has 3 nitrogen and oxygen atoms in total. The second-order valence-electron chi connectivity index (χ2n) is 6.47. The Hall–Kier alpha value is -0.770. The molecule has 2 aliphatic rings. The Bertz CT molecular complexity index is 564. The Kier molecular flexibility index (Phi) is 4.96. The van der Waals surface area contributed by atoms with Crippen molar-refractivity contribution < 1.29 is 4.79 Å². The fourth-order valence-corrected chi connectivity index (χ4v) is 4.09. The van der Waals surface area contributed by atoms with Gasteiger partial charge in [0.2, 0.25) is 5.91 Å². The van der Waals surface area contributed by atoms with Crippen LogP contribution < -0.4 is 0 Å². The predicted octanol–water partition coefficient (Wildman–Crippen LogP) is 3.83. The maximum Gasteiger partial charge on any atom is 0.219 e. The van der Waals surface area contributed by atoms with E-state index in [1.165, 1.54) is 24.8 Å². The second kappa shape index (κ2) is 6.77. The quantitative estimate of drug-likeness (QED) is 0.816. The van der Waals surface area contributed by atoms with Crippen molar-refractivity contribution in [3.8, 4) is 0 Å². The van der Waals surface area contributed by atoms with Crippen molar-refractivity contribution >= 4 is 29.1 Å². The molecule has 2 fully saturated rings. The molecule has 3 rings (SSSR count). The monoisotopic (exact) mass is 340 g/mol. The van der Waals surface area contributed by atoms with E-state index in [-0.39, 0.29) is 5.91 Å². The molecule has 2 saturated heterocycles. The normalized spacial score (nSPS) is 25.9. The van der Waals surface area contributed by atoms with Gasteiger partial charge in [-0.15, -0.1) is 0 Å². The molecular weight excluding hydrogens is 319 g/mol. The summed E-state index contributed by atoms with van der Waals surface area (Å²) in [4.78, 5) is 16.2. The lowest BCUT2D eigenvalue weighted by Gasteiger charge is -2.30. The SMILES string of the molecule is CC(=O)N1C[C@@H]2CCCCN(Cc3ccc(Cl)c(Cl)c3)[C@@H]2C1. The van der Waals surface area contributed by atoms with Crippen LogP contribution in [0.15, 0.2) is 18.2 Å². The van der Waals surface area contributed by atoms with Crippen LogP contribution in [0.4, 0.5) is 0 Å². The van der Waals surface area contributed by atoms with Crippen LogP contribution in [0.5, 0.6) is 0 Å². The van der Waals surface area contributed by atoms with Gasteiger partial charge in [-0.2, -0.15) is 0 Å². The Morgan fingerprint density at radius 2 is 2.05 bits per heavy atom. The number of carbonyl (C=O) groups excluding carboxylic acids is 1. The van der Waals surface area contributed by atoms with E-state index in [1.807, 2.05) is 23.1 Å². The zero-order valence-corrected chi connectivity index (χ0v) is 14.4. The third-order valence-corrected chi connectivity index (χ3v) is 5.70. The molecule has 22 heavy (non-hydrogen) atoms. The van der Waals surface area contributed by atoms with Gasteiger partial charge in [0.25, 0.3) is 0 Å². The summed E-state index contributed by atoms with van der Waals surface area (Å²) < 4.78 is 0. The average Bonchev–Trinajstić information content (AvgIpc) is 2.82. The minimum Gasteiger partial charge on any atom is -0.341 e. The van der Waals surface area contributed by atoms with Crippen molar-refractivity contribution in [2.24, 2.45) is 5.92 Å². The molecule has 0 spiro atoms. The molecule has 2 heterocycles. The number of amides is 1.